The number of hydrogen-bond acceptors (Lipinski definition) is 1. The molecule has 0 saturated heterocycles. The zero-order chi connectivity index (χ0) is 21.2. The van der Waals surface area contributed by atoms with Crippen molar-refractivity contribution >= 4 is 5.91 Å². The Labute approximate surface area is 166 Å². The van der Waals surface area contributed by atoms with E-state index >= 15 is 0 Å². The number of alkyl halides is 3. The van der Waals surface area contributed by atoms with Crippen LogP contribution in [0.25, 0.3) is 0 Å². The van der Waals surface area contributed by atoms with Gasteiger partial charge in [-0.05, 0) is 61.4 Å². The number of nitrogens with one attached hydrogen (secondary N) is 1. The van der Waals surface area contributed by atoms with Gasteiger partial charge in [0.15, 0.2) is 0 Å². The van der Waals surface area contributed by atoms with E-state index in [4.69, 9.17) is 0 Å². The van der Waals surface area contributed by atoms with Crippen molar-refractivity contribution in [2.45, 2.75) is 26.1 Å². The van der Waals surface area contributed by atoms with Gasteiger partial charge in [-0.3, -0.25) is 4.79 Å². The third-order valence-corrected chi connectivity index (χ3v) is 4.53. The highest BCUT2D eigenvalue weighted by molar-refractivity contribution is 5.95. The van der Waals surface area contributed by atoms with Crippen molar-refractivity contribution in [3.05, 3.63) is 106 Å². The number of amides is 1. The molecule has 0 aliphatic heterocycles. The second-order valence-corrected chi connectivity index (χ2v) is 6.95. The van der Waals surface area contributed by atoms with E-state index in [1.54, 1.807) is 12.1 Å². The Balaban J connectivity index is 1.97. The zero-order valence-corrected chi connectivity index (χ0v) is 15.8. The van der Waals surface area contributed by atoms with Crippen LogP contribution in [0.15, 0.2) is 66.7 Å². The molecule has 1 amide bonds. The molecular weight excluding hydrogens is 382 g/mol. The molecule has 1 unspecified atom stereocenters. The largest absolute Gasteiger partial charge is 0.416 e. The summed E-state index contributed by atoms with van der Waals surface area (Å²) in [6.07, 6.45) is -4.45. The lowest BCUT2D eigenvalue weighted by Crippen LogP contribution is -2.29. The van der Waals surface area contributed by atoms with Gasteiger partial charge in [-0.1, -0.05) is 41.5 Å². The molecule has 0 fully saturated rings. The third-order valence-electron chi connectivity index (χ3n) is 4.53. The molecule has 1 atom stereocenters. The minimum Gasteiger partial charge on any atom is -0.341 e. The standard InChI is InChI=1S/C23H19F4NO/c1-14-11-15(2)13-18(12-14)22(29)28-21(17-5-9-20(24)10-6-17)16-3-7-19(8-4-16)23(25,26)27/h3-13,21H,1-2H3,(H,28,29). The van der Waals surface area contributed by atoms with Crippen LogP contribution in [-0.4, -0.2) is 5.91 Å². The molecule has 150 valence electrons. The highest BCUT2D eigenvalue weighted by atomic mass is 19.4. The Hall–Kier alpha value is -3.15. The van der Waals surface area contributed by atoms with Crippen LogP contribution in [0, 0.1) is 19.7 Å². The lowest BCUT2D eigenvalue weighted by atomic mass is 9.96. The monoisotopic (exact) mass is 401 g/mol. The maximum absolute atomic E-state index is 13.3. The first kappa shape index (κ1) is 20.6. The first-order valence-electron chi connectivity index (χ1n) is 8.95. The Kier molecular flexibility index (Phi) is 5.73. The number of rotatable bonds is 4. The van der Waals surface area contributed by atoms with Crippen LogP contribution in [0.5, 0.6) is 0 Å². The second-order valence-electron chi connectivity index (χ2n) is 6.95. The van der Waals surface area contributed by atoms with Gasteiger partial charge >= 0.3 is 6.18 Å². The highest BCUT2D eigenvalue weighted by Crippen LogP contribution is 2.31. The average Bonchev–Trinajstić information content (AvgIpc) is 2.65. The highest BCUT2D eigenvalue weighted by Gasteiger charge is 2.30. The van der Waals surface area contributed by atoms with Crippen LogP contribution >= 0.6 is 0 Å². The summed E-state index contributed by atoms with van der Waals surface area (Å²) in [5.74, 6) is -0.813. The van der Waals surface area contributed by atoms with E-state index in [0.29, 0.717) is 16.7 Å². The number of carbonyl (C=O) groups is 1. The van der Waals surface area contributed by atoms with Crippen molar-refractivity contribution in [2.75, 3.05) is 0 Å². The molecule has 3 aromatic carbocycles. The van der Waals surface area contributed by atoms with E-state index < -0.39 is 23.6 Å². The maximum atomic E-state index is 13.3. The summed E-state index contributed by atoms with van der Waals surface area (Å²) in [6, 6.07) is 14.7. The van der Waals surface area contributed by atoms with Gasteiger partial charge in [0, 0.05) is 5.56 Å². The topological polar surface area (TPSA) is 29.1 Å². The van der Waals surface area contributed by atoms with E-state index in [-0.39, 0.29) is 5.91 Å². The van der Waals surface area contributed by atoms with Gasteiger partial charge in [-0.2, -0.15) is 13.2 Å². The van der Waals surface area contributed by atoms with Crippen LogP contribution in [-0.2, 0) is 6.18 Å². The molecule has 29 heavy (non-hydrogen) atoms. The third kappa shape index (κ3) is 5.02. The van der Waals surface area contributed by atoms with E-state index in [9.17, 15) is 22.4 Å². The minimum atomic E-state index is -4.45. The molecule has 0 heterocycles. The van der Waals surface area contributed by atoms with Crippen molar-refractivity contribution in [3.8, 4) is 0 Å². The quantitative estimate of drug-likeness (QED) is 0.536. The van der Waals surface area contributed by atoms with Gasteiger partial charge in [0.2, 0.25) is 0 Å². The summed E-state index contributed by atoms with van der Waals surface area (Å²) >= 11 is 0. The fraction of sp³-hybridized carbons (Fsp3) is 0.174. The van der Waals surface area contributed by atoms with Crippen LogP contribution in [0.2, 0.25) is 0 Å². The minimum absolute atomic E-state index is 0.369. The molecule has 0 aliphatic rings. The molecule has 0 aliphatic carbocycles. The van der Waals surface area contributed by atoms with E-state index in [0.717, 1.165) is 23.3 Å². The molecule has 0 saturated carbocycles. The lowest BCUT2D eigenvalue weighted by molar-refractivity contribution is -0.137. The van der Waals surface area contributed by atoms with Gasteiger partial charge < -0.3 is 5.32 Å². The maximum Gasteiger partial charge on any atom is 0.416 e. The van der Waals surface area contributed by atoms with Crippen LogP contribution < -0.4 is 5.32 Å². The van der Waals surface area contributed by atoms with Gasteiger partial charge in [0.05, 0.1) is 11.6 Å². The van der Waals surface area contributed by atoms with Gasteiger partial charge in [0.1, 0.15) is 5.82 Å². The van der Waals surface area contributed by atoms with Crippen LogP contribution in [0.3, 0.4) is 0 Å². The van der Waals surface area contributed by atoms with Crippen molar-refractivity contribution in [1.29, 1.82) is 0 Å². The Bertz CT molecular complexity index is 988. The predicted octanol–water partition coefficient (Wildman–Crippen LogP) is 5.98. The fourth-order valence-electron chi connectivity index (χ4n) is 3.20. The summed E-state index contributed by atoms with van der Waals surface area (Å²) in [6.45, 7) is 3.74. The molecule has 1 N–H and O–H groups in total. The van der Waals surface area contributed by atoms with Crippen molar-refractivity contribution in [2.24, 2.45) is 0 Å². The van der Waals surface area contributed by atoms with E-state index in [1.807, 2.05) is 19.9 Å². The van der Waals surface area contributed by atoms with Crippen LogP contribution in [0.4, 0.5) is 17.6 Å². The first-order chi connectivity index (χ1) is 13.6. The molecule has 0 aromatic heterocycles. The Morgan fingerprint density at radius 3 is 1.79 bits per heavy atom. The lowest BCUT2D eigenvalue weighted by Gasteiger charge is -2.21. The molecule has 0 spiro atoms. The second kappa shape index (κ2) is 8.07. The number of hydrogen-bond donors (Lipinski definition) is 1. The zero-order valence-electron chi connectivity index (χ0n) is 15.8. The summed E-state index contributed by atoms with van der Waals surface area (Å²) in [7, 11) is 0. The van der Waals surface area contributed by atoms with Crippen molar-refractivity contribution < 1.29 is 22.4 Å². The molecule has 6 heteroatoms. The average molecular weight is 401 g/mol. The smallest absolute Gasteiger partial charge is 0.341 e. The molecule has 3 rings (SSSR count). The number of benzene rings is 3. The molecule has 0 radical (unpaired) electrons. The fourth-order valence-corrected chi connectivity index (χ4v) is 3.20. The molecule has 2 nitrogen and oxygen atoms in total. The van der Waals surface area contributed by atoms with Crippen LogP contribution in [0.1, 0.15) is 44.2 Å². The summed E-state index contributed by atoms with van der Waals surface area (Å²) < 4.78 is 52.0. The van der Waals surface area contributed by atoms with Gasteiger partial charge in [-0.15, -0.1) is 0 Å². The molecule has 3 aromatic rings. The van der Waals surface area contributed by atoms with E-state index in [1.165, 1.54) is 36.4 Å². The van der Waals surface area contributed by atoms with Gasteiger partial charge in [0.25, 0.3) is 5.91 Å². The predicted molar refractivity (Wildman–Crippen MR) is 103 cm³/mol. The first-order valence-corrected chi connectivity index (χ1v) is 8.95. The summed E-state index contributed by atoms with van der Waals surface area (Å²) in [5.41, 5.74) is 2.53. The normalized spacial score (nSPS) is 12.5. The van der Waals surface area contributed by atoms with E-state index in [2.05, 4.69) is 5.32 Å². The molecule has 0 bridgehead atoms. The summed E-state index contributed by atoms with van der Waals surface area (Å²) in [5, 5.41) is 2.86. The molecular formula is C23H19F4NO. The number of carbonyl (C=O) groups excluding carboxylic acids is 1. The number of halogens is 4. The van der Waals surface area contributed by atoms with Gasteiger partial charge in [-0.25, -0.2) is 4.39 Å². The SMILES string of the molecule is Cc1cc(C)cc(C(=O)NC(c2ccc(F)cc2)c2ccc(C(F)(F)F)cc2)c1. The summed E-state index contributed by atoms with van der Waals surface area (Å²) in [4.78, 5) is 12.8. The van der Waals surface area contributed by atoms with Crippen molar-refractivity contribution in [1.82, 2.24) is 5.32 Å². The Morgan fingerprint density at radius 1 is 0.828 bits per heavy atom. The number of aryl methyl sites for hydroxylation is 2. The Morgan fingerprint density at radius 2 is 1.31 bits per heavy atom. The van der Waals surface area contributed by atoms with Crippen molar-refractivity contribution in [3.63, 3.8) is 0 Å².